The summed E-state index contributed by atoms with van der Waals surface area (Å²) in [5.74, 6) is -1.17. The zero-order chi connectivity index (χ0) is 14.0. The first-order chi connectivity index (χ1) is 8.86. The smallest absolute Gasteiger partial charge is 0.149 e. The Kier molecular flexibility index (Phi) is 3.85. The molecule has 102 valence electrons. The first kappa shape index (κ1) is 13.9. The second-order valence-corrected chi connectivity index (χ2v) is 6.23. The summed E-state index contributed by atoms with van der Waals surface area (Å²) in [6.07, 6.45) is 0. The summed E-state index contributed by atoms with van der Waals surface area (Å²) in [6, 6.07) is 3.48. The van der Waals surface area contributed by atoms with E-state index in [1.54, 1.807) is 11.3 Å². The molecule has 0 aliphatic carbocycles. The van der Waals surface area contributed by atoms with Gasteiger partial charge in [-0.1, -0.05) is 20.8 Å². The monoisotopic (exact) mass is 282 g/mol. The summed E-state index contributed by atoms with van der Waals surface area (Å²) in [5.41, 5.74) is 1.16. The van der Waals surface area contributed by atoms with Crippen LogP contribution in [0.2, 0.25) is 0 Å². The average Bonchev–Trinajstić information content (AvgIpc) is 2.76. The van der Waals surface area contributed by atoms with E-state index in [4.69, 9.17) is 0 Å². The predicted octanol–water partition coefficient (Wildman–Crippen LogP) is 4.33. The Labute approximate surface area is 115 Å². The maximum atomic E-state index is 13.4. The molecular weight excluding hydrogens is 266 g/mol. The second kappa shape index (κ2) is 5.25. The van der Waals surface area contributed by atoms with Crippen molar-refractivity contribution in [3.05, 3.63) is 45.9 Å². The molecule has 0 radical (unpaired) electrons. The summed E-state index contributed by atoms with van der Waals surface area (Å²) in [6.45, 7) is 6.73. The number of aromatic nitrogens is 1. The largest absolute Gasteiger partial charge is 0.377 e. The van der Waals surface area contributed by atoms with Gasteiger partial charge in [0.1, 0.15) is 11.6 Å². The number of thiazole rings is 1. The zero-order valence-electron chi connectivity index (χ0n) is 11.1. The van der Waals surface area contributed by atoms with Crippen molar-refractivity contribution < 1.29 is 8.78 Å². The van der Waals surface area contributed by atoms with Gasteiger partial charge in [-0.3, -0.25) is 0 Å². The molecule has 2 nitrogen and oxygen atoms in total. The molecule has 2 rings (SSSR count). The van der Waals surface area contributed by atoms with Crippen LogP contribution in [0, 0.1) is 11.6 Å². The molecule has 0 amide bonds. The first-order valence-electron chi connectivity index (χ1n) is 6.00. The molecule has 1 aromatic heterocycles. The Balaban J connectivity index is 2.04. The highest BCUT2D eigenvalue weighted by Gasteiger charge is 2.17. The molecule has 0 saturated heterocycles. The molecule has 0 atom stereocenters. The van der Waals surface area contributed by atoms with Crippen molar-refractivity contribution in [3.63, 3.8) is 0 Å². The Morgan fingerprint density at radius 2 is 2.00 bits per heavy atom. The minimum Gasteiger partial charge on any atom is -0.377 e. The molecular formula is C14H16F2N2S. The van der Waals surface area contributed by atoms with Crippen molar-refractivity contribution in [2.24, 2.45) is 0 Å². The fourth-order valence-corrected chi connectivity index (χ4v) is 2.46. The highest BCUT2D eigenvalue weighted by atomic mass is 32.1. The van der Waals surface area contributed by atoms with E-state index >= 15 is 0 Å². The molecule has 2 aromatic rings. The molecule has 5 heteroatoms. The van der Waals surface area contributed by atoms with Gasteiger partial charge < -0.3 is 5.32 Å². The van der Waals surface area contributed by atoms with Gasteiger partial charge in [0.25, 0.3) is 0 Å². The van der Waals surface area contributed by atoms with Crippen molar-refractivity contribution in [2.45, 2.75) is 32.7 Å². The minimum atomic E-state index is -0.591. The van der Waals surface area contributed by atoms with E-state index in [1.807, 2.05) is 5.38 Å². The Morgan fingerprint density at radius 1 is 1.26 bits per heavy atom. The molecule has 0 bridgehead atoms. The van der Waals surface area contributed by atoms with Crippen molar-refractivity contribution in [1.82, 2.24) is 4.98 Å². The number of hydrogen-bond acceptors (Lipinski definition) is 3. The molecule has 19 heavy (non-hydrogen) atoms. The fourth-order valence-electron chi connectivity index (χ4n) is 1.55. The predicted molar refractivity (Wildman–Crippen MR) is 74.5 cm³/mol. The number of nitrogens with one attached hydrogen (secondary N) is 1. The van der Waals surface area contributed by atoms with Crippen LogP contribution in [0.5, 0.6) is 0 Å². The quantitative estimate of drug-likeness (QED) is 0.906. The average molecular weight is 282 g/mol. The third-order valence-electron chi connectivity index (χ3n) is 2.58. The SMILES string of the molecule is CC(C)(C)c1nc(CNc2ccc(F)cc2F)cs1. The molecule has 0 unspecified atom stereocenters. The number of benzene rings is 1. The standard InChI is InChI=1S/C14H16F2N2S/c1-14(2,3)13-18-10(8-19-13)7-17-12-5-4-9(15)6-11(12)16/h4-6,8,17H,7H2,1-3H3. The van der Waals surface area contributed by atoms with Crippen LogP contribution in [0.1, 0.15) is 31.5 Å². The van der Waals surface area contributed by atoms with Gasteiger partial charge >= 0.3 is 0 Å². The first-order valence-corrected chi connectivity index (χ1v) is 6.88. The minimum absolute atomic E-state index is 0.0179. The Morgan fingerprint density at radius 3 is 2.58 bits per heavy atom. The maximum Gasteiger partial charge on any atom is 0.149 e. The van der Waals surface area contributed by atoms with Crippen LogP contribution in [0.4, 0.5) is 14.5 Å². The summed E-state index contributed by atoms with van der Waals surface area (Å²) < 4.78 is 26.2. The summed E-state index contributed by atoms with van der Waals surface area (Å²) in [4.78, 5) is 4.50. The van der Waals surface area contributed by atoms with Crippen LogP contribution < -0.4 is 5.32 Å². The van der Waals surface area contributed by atoms with Crippen molar-refractivity contribution >= 4 is 17.0 Å². The lowest BCUT2D eigenvalue weighted by molar-refractivity contribution is 0.581. The van der Waals surface area contributed by atoms with E-state index in [-0.39, 0.29) is 11.1 Å². The van der Waals surface area contributed by atoms with Crippen molar-refractivity contribution in [2.75, 3.05) is 5.32 Å². The van der Waals surface area contributed by atoms with Gasteiger partial charge in [-0.25, -0.2) is 13.8 Å². The Bertz CT molecular complexity index is 573. The number of nitrogens with zero attached hydrogens (tertiary/aromatic N) is 1. The summed E-state index contributed by atoms with van der Waals surface area (Å²) >= 11 is 1.59. The Hall–Kier alpha value is -1.49. The van der Waals surface area contributed by atoms with Gasteiger partial charge in [0.05, 0.1) is 22.9 Å². The number of anilines is 1. The van der Waals surface area contributed by atoms with Crippen molar-refractivity contribution in [3.8, 4) is 0 Å². The van der Waals surface area contributed by atoms with Gasteiger partial charge in [-0.15, -0.1) is 11.3 Å². The van der Waals surface area contributed by atoms with Crippen LogP contribution in [0.3, 0.4) is 0 Å². The molecule has 1 heterocycles. The topological polar surface area (TPSA) is 24.9 Å². The lowest BCUT2D eigenvalue weighted by atomic mass is 9.98. The lowest BCUT2D eigenvalue weighted by Crippen LogP contribution is -2.11. The maximum absolute atomic E-state index is 13.4. The van der Waals surface area contributed by atoms with Gasteiger partial charge in [0.2, 0.25) is 0 Å². The van der Waals surface area contributed by atoms with E-state index in [2.05, 4.69) is 31.1 Å². The van der Waals surface area contributed by atoms with Crippen LogP contribution in [-0.2, 0) is 12.0 Å². The van der Waals surface area contributed by atoms with Gasteiger partial charge in [-0.05, 0) is 12.1 Å². The van der Waals surface area contributed by atoms with E-state index < -0.39 is 11.6 Å². The van der Waals surface area contributed by atoms with E-state index in [9.17, 15) is 8.78 Å². The van der Waals surface area contributed by atoms with Crippen molar-refractivity contribution in [1.29, 1.82) is 0 Å². The number of rotatable bonds is 3. The highest BCUT2D eigenvalue weighted by Crippen LogP contribution is 2.26. The molecule has 0 fully saturated rings. The van der Waals surface area contributed by atoms with Gasteiger partial charge in [0, 0.05) is 16.9 Å². The third kappa shape index (κ3) is 3.50. The lowest BCUT2D eigenvalue weighted by Gasteiger charge is -2.13. The molecule has 0 aliphatic heterocycles. The van der Waals surface area contributed by atoms with Crippen LogP contribution in [-0.4, -0.2) is 4.98 Å². The van der Waals surface area contributed by atoms with Crippen LogP contribution in [0.25, 0.3) is 0 Å². The molecule has 0 saturated carbocycles. The summed E-state index contributed by atoms with van der Waals surface area (Å²) in [5, 5.41) is 5.92. The molecule has 1 aromatic carbocycles. The van der Waals surface area contributed by atoms with E-state index in [0.717, 1.165) is 16.8 Å². The van der Waals surface area contributed by atoms with E-state index in [1.165, 1.54) is 12.1 Å². The number of hydrogen-bond donors (Lipinski definition) is 1. The fraction of sp³-hybridized carbons (Fsp3) is 0.357. The zero-order valence-corrected chi connectivity index (χ0v) is 11.9. The molecule has 1 N–H and O–H groups in total. The van der Waals surface area contributed by atoms with E-state index in [0.29, 0.717) is 6.54 Å². The highest BCUT2D eigenvalue weighted by molar-refractivity contribution is 7.09. The summed E-state index contributed by atoms with van der Waals surface area (Å²) in [7, 11) is 0. The van der Waals surface area contributed by atoms with Crippen LogP contribution >= 0.6 is 11.3 Å². The molecule has 0 aliphatic rings. The van der Waals surface area contributed by atoms with Crippen LogP contribution in [0.15, 0.2) is 23.6 Å². The number of halogens is 2. The molecule has 0 spiro atoms. The third-order valence-corrected chi connectivity index (χ3v) is 3.90. The van der Waals surface area contributed by atoms with Gasteiger partial charge in [-0.2, -0.15) is 0 Å². The second-order valence-electron chi connectivity index (χ2n) is 5.37. The normalized spacial score (nSPS) is 11.6. The van der Waals surface area contributed by atoms with Gasteiger partial charge in [0.15, 0.2) is 0 Å².